The number of carbonyl (C=O) groups is 1. The fraction of sp³-hybridized carbons (Fsp3) is 0.222. The Hall–Kier alpha value is -1.03. The van der Waals surface area contributed by atoms with E-state index in [1.165, 1.54) is 0 Å². The lowest BCUT2D eigenvalue weighted by Gasteiger charge is -2.07. The van der Waals surface area contributed by atoms with Gasteiger partial charge in [0.05, 0.1) is 5.56 Å². The monoisotopic (exact) mass is 243 g/mol. The van der Waals surface area contributed by atoms with E-state index in [9.17, 15) is 4.79 Å². The molecule has 0 fully saturated rings. The van der Waals surface area contributed by atoms with E-state index in [1.807, 2.05) is 6.92 Å². The van der Waals surface area contributed by atoms with Gasteiger partial charge in [0.15, 0.2) is 0 Å². The van der Waals surface area contributed by atoms with E-state index in [4.69, 9.17) is 5.11 Å². The molecule has 1 rings (SSSR count). The van der Waals surface area contributed by atoms with Crippen molar-refractivity contribution >= 4 is 27.6 Å². The van der Waals surface area contributed by atoms with Crippen LogP contribution in [0.1, 0.15) is 17.3 Å². The Bertz CT molecular complexity index is 325. The van der Waals surface area contributed by atoms with Gasteiger partial charge < -0.3 is 10.4 Å². The molecule has 2 N–H and O–H groups in total. The van der Waals surface area contributed by atoms with Gasteiger partial charge in [-0.3, -0.25) is 0 Å². The molecule has 0 aliphatic rings. The summed E-state index contributed by atoms with van der Waals surface area (Å²) in [4.78, 5) is 10.8. The second kappa shape index (κ2) is 4.28. The highest BCUT2D eigenvalue weighted by Crippen LogP contribution is 2.21. The molecule has 1 aromatic rings. The molecule has 0 saturated carbocycles. The number of benzene rings is 1. The van der Waals surface area contributed by atoms with E-state index in [-0.39, 0.29) is 0 Å². The number of rotatable bonds is 3. The van der Waals surface area contributed by atoms with Gasteiger partial charge in [0, 0.05) is 16.7 Å². The van der Waals surface area contributed by atoms with Crippen molar-refractivity contribution < 1.29 is 9.90 Å². The molecule has 13 heavy (non-hydrogen) atoms. The molecule has 0 aliphatic carbocycles. The van der Waals surface area contributed by atoms with Crippen LogP contribution < -0.4 is 5.32 Å². The van der Waals surface area contributed by atoms with E-state index >= 15 is 0 Å². The topological polar surface area (TPSA) is 49.3 Å². The summed E-state index contributed by atoms with van der Waals surface area (Å²) >= 11 is 3.28. The Balaban J connectivity index is 3.10. The number of halogens is 1. The molecule has 70 valence electrons. The molecule has 0 aromatic heterocycles. The Labute approximate surface area is 84.9 Å². The van der Waals surface area contributed by atoms with Crippen molar-refractivity contribution in [1.82, 2.24) is 0 Å². The Morgan fingerprint density at radius 2 is 2.31 bits per heavy atom. The van der Waals surface area contributed by atoms with E-state index in [1.54, 1.807) is 18.2 Å². The predicted molar refractivity (Wildman–Crippen MR) is 55.3 cm³/mol. The number of carboxylic acid groups (broad SMARTS) is 1. The zero-order valence-electron chi connectivity index (χ0n) is 7.17. The van der Waals surface area contributed by atoms with Gasteiger partial charge in [0.25, 0.3) is 0 Å². The predicted octanol–water partition coefficient (Wildman–Crippen LogP) is 2.58. The first-order chi connectivity index (χ1) is 6.15. The van der Waals surface area contributed by atoms with Crippen LogP contribution in [-0.2, 0) is 0 Å². The Kier molecular flexibility index (Phi) is 3.31. The normalized spacial score (nSPS) is 9.69. The molecule has 0 heterocycles. The van der Waals surface area contributed by atoms with E-state index in [0.717, 1.165) is 4.47 Å². The largest absolute Gasteiger partial charge is 0.478 e. The first kappa shape index (κ1) is 10.1. The summed E-state index contributed by atoms with van der Waals surface area (Å²) in [5, 5.41) is 11.8. The first-order valence-corrected chi connectivity index (χ1v) is 4.71. The third-order valence-electron chi connectivity index (χ3n) is 1.58. The van der Waals surface area contributed by atoms with Crippen LogP contribution in [0.25, 0.3) is 0 Å². The van der Waals surface area contributed by atoms with Gasteiger partial charge in [0.1, 0.15) is 0 Å². The summed E-state index contributed by atoms with van der Waals surface area (Å²) in [6.45, 7) is 2.63. The highest BCUT2D eigenvalue weighted by atomic mass is 79.9. The minimum atomic E-state index is -0.913. The van der Waals surface area contributed by atoms with E-state index < -0.39 is 5.97 Å². The Morgan fingerprint density at radius 1 is 1.62 bits per heavy atom. The standard InChI is InChI=1S/C9H10BrNO2/c1-2-11-8-5-6(10)3-4-7(8)9(12)13/h3-5,11H,2H2,1H3,(H,12,13). The SMILES string of the molecule is CCNc1cc(Br)ccc1C(=O)O. The molecule has 1 aromatic carbocycles. The minimum absolute atomic E-state index is 0.296. The highest BCUT2D eigenvalue weighted by molar-refractivity contribution is 9.10. The number of hydrogen-bond donors (Lipinski definition) is 2. The molecule has 3 nitrogen and oxygen atoms in total. The fourth-order valence-corrected chi connectivity index (χ4v) is 1.40. The summed E-state index contributed by atoms with van der Waals surface area (Å²) < 4.78 is 0.869. The molecule has 0 bridgehead atoms. The van der Waals surface area contributed by atoms with Gasteiger partial charge in [0.2, 0.25) is 0 Å². The molecular weight excluding hydrogens is 234 g/mol. The number of anilines is 1. The van der Waals surface area contributed by atoms with Crippen LogP contribution in [0.5, 0.6) is 0 Å². The van der Waals surface area contributed by atoms with Crippen LogP contribution in [0.3, 0.4) is 0 Å². The molecule has 0 spiro atoms. The lowest BCUT2D eigenvalue weighted by Crippen LogP contribution is -2.05. The van der Waals surface area contributed by atoms with Crippen molar-refractivity contribution in [2.75, 3.05) is 11.9 Å². The minimum Gasteiger partial charge on any atom is -0.478 e. The first-order valence-electron chi connectivity index (χ1n) is 3.92. The molecule has 4 heteroatoms. The third-order valence-corrected chi connectivity index (χ3v) is 2.07. The highest BCUT2D eigenvalue weighted by Gasteiger charge is 2.08. The van der Waals surface area contributed by atoms with Crippen LogP contribution in [0.4, 0.5) is 5.69 Å². The fourth-order valence-electron chi connectivity index (χ4n) is 1.04. The van der Waals surface area contributed by atoms with Gasteiger partial charge in [-0.2, -0.15) is 0 Å². The zero-order valence-corrected chi connectivity index (χ0v) is 8.76. The second-order valence-electron chi connectivity index (χ2n) is 2.53. The average Bonchev–Trinajstić information content (AvgIpc) is 2.04. The molecule has 0 amide bonds. The van der Waals surface area contributed by atoms with Crippen LogP contribution >= 0.6 is 15.9 Å². The summed E-state index contributed by atoms with van der Waals surface area (Å²) in [5.41, 5.74) is 0.939. The van der Waals surface area contributed by atoms with Crippen LogP contribution in [0.15, 0.2) is 22.7 Å². The number of aromatic carboxylic acids is 1. The van der Waals surface area contributed by atoms with Crippen LogP contribution in [0.2, 0.25) is 0 Å². The number of hydrogen-bond acceptors (Lipinski definition) is 2. The smallest absolute Gasteiger partial charge is 0.337 e. The van der Waals surface area contributed by atoms with E-state index in [2.05, 4.69) is 21.2 Å². The van der Waals surface area contributed by atoms with Gasteiger partial charge in [-0.25, -0.2) is 4.79 Å². The lowest BCUT2D eigenvalue weighted by molar-refractivity contribution is 0.0698. The van der Waals surface area contributed by atoms with Gasteiger partial charge >= 0.3 is 5.97 Å². The molecule has 0 atom stereocenters. The summed E-state index contributed by atoms with van der Waals surface area (Å²) in [7, 11) is 0. The maximum atomic E-state index is 10.8. The third kappa shape index (κ3) is 2.45. The van der Waals surface area contributed by atoms with Crippen LogP contribution in [0, 0.1) is 0 Å². The maximum absolute atomic E-state index is 10.8. The average molecular weight is 244 g/mol. The zero-order chi connectivity index (χ0) is 9.84. The van der Waals surface area contributed by atoms with Crippen molar-refractivity contribution in [3.8, 4) is 0 Å². The van der Waals surface area contributed by atoms with Gasteiger partial charge in [-0.1, -0.05) is 15.9 Å². The Morgan fingerprint density at radius 3 is 2.85 bits per heavy atom. The van der Waals surface area contributed by atoms with Crippen molar-refractivity contribution in [1.29, 1.82) is 0 Å². The van der Waals surface area contributed by atoms with Gasteiger partial charge in [-0.05, 0) is 25.1 Å². The van der Waals surface area contributed by atoms with Crippen molar-refractivity contribution in [3.05, 3.63) is 28.2 Å². The van der Waals surface area contributed by atoms with E-state index in [0.29, 0.717) is 17.8 Å². The number of carboxylic acids is 1. The van der Waals surface area contributed by atoms with Crippen molar-refractivity contribution in [3.63, 3.8) is 0 Å². The molecule has 0 aliphatic heterocycles. The number of nitrogens with one attached hydrogen (secondary N) is 1. The van der Waals surface area contributed by atoms with Gasteiger partial charge in [-0.15, -0.1) is 0 Å². The molecule has 0 unspecified atom stereocenters. The quantitative estimate of drug-likeness (QED) is 0.859. The van der Waals surface area contributed by atoms with Crippen molar-refractivity contribution in [2.45, 2.75) is 6.92 Å². The molecule has 0 radical (unpaired) electrons. The van der Waals surface area contributed by atoms with Crippen molar-refractivity contribution in [2.24, 2.45) is 0 Å². The lowest BCUT2D eigenvalue weighted by atomic mass is 10.2. The molecule has 0 saturated heterocycles. The maximum Gasteiger partial charge on any atom is 0.337 e. The van der Waals surface area contributed by atoms with Crippen LogP contribution in [-0.4, -0.2) is 17.6 Å². The summed E-state index contributed by atoms with van der Waals surface area (Å²) in [6, 6.07) is 5.04. The summed E-state index contributed by atoms with van der Waals surface area (Å²) in [6.07, 6.45) is 0. The summed E-state index contributed by atoms with van der Waals surface area (Å²) in [5.74, 6) is -0.913. The second-order valence-corrected chi connectivity index (χ2v) is 3.44. The molecular formula is C9H10BrNO2.